The van der Waals surface area contributed by atoms with Crippen molar-refractivity contribution in [1.82, 2.24) is 14.3 Å². The molecule has 0 aliphatic carbocycles. The molecule has 0 bridgehead atoms. The molecule has 2 aromatic heterocycles. The van der Waals surface area contributed by atoms with Gasteiger partial charge in [-0.3, -0.25) is 9.59 Å². The van der Waals surface area contributed by atoms with E-state index in [1.807, 2.05) is 40.4 Å². The van der Waals surface area contributed by atoms with E-state index in [1.165, 1.54) is 18.4 Å². The highest BCUT2D eigenvalue weighted by atomic mass is 35.5. The first-order valence-electron chi connectivity index (χ1n) is 8.47. The van der Waals surface area contributed by atoms with Gasteiger partial charge in [-0.25, -0.2) is 4.68 Å². The van der Waals surface area contributed by atoms with Crippen LogP contribution in [-0.2, 0) is 13.6 Å². The molecule has 0 saturated carbocycles. The first-order valence-corrected chi connectivity index (χ1v) is 9.73. The van der Waals surface area contributed by atoms with Gasteiger partial charge in [-0.15, -0.1) is 11.3 Å². The fourth-order valence-electron chi connectivity index (χ4n) is 2.91. The molecular formula is C20H15ClN4O2S. The van der Waals surface area contributed by atoms with Gasteiger partial charge in [0.1, 0.15) is 0 Å². The van der Waals surface area contributed by atoms with E-state index in [4.69, 9.17) is 11.6 Å². The van der Waals surface area contributed by atoms with Gasteiger partial charge in [-0.05, 0) is 17.7 Å². The quantitative estimate of drug-likeness (QED) is 0.520. The van der Waals surface area contributed by atoms with Crippen LogP contribution in [0.15, 0.2) is 69.9 Å². The Labute approximate surface area is 169 Å². The number of hydrogen-bond donors (Lipinski definition) is 0. The van der Waals surface area contributed by atoms with Crippen LogP contribution in [0.25, 0.3) is 10.8 Å². The van der Waals surface area contributed by atoms with Crippen LogP contribution >= 0.6 is 22.9 Å². The van der Waals surface area contributed by atoms with Gasteiger partial charge in [0.05, 0.1) is 11.9 Å². The van der Waals surface area contributed by atoms with Crippen molar-refractivity contribution in [2.75, 3.05) is 0 Å². The van der Waals surface area contributed by atoms with Crippen LogP contribution in [0, 0.1) is 0 Å². The molecule has 140 valence electrons. The maximum atomic E-state index is 12.9. The molecule has 0 fully saturated rings. The third-order valence-electron chi connectivity index (χ3n) is 4.31. The molecule has 0 spiro atoms. The molecule has 6 nitrogen and oxygen atoms in total. The van der Waals surface area contributed by atoms with Crippen LogP contribution in [0.4, 0.5) is 0 Å². The van der Waals surface area contributed by atoms with Crippen LogP contribution in [0.1, 0.15) is 16.1 Å². The zero-order valence-corrected chi connectivity index (χ0v) is 16.4. The molecule has 0 saturated heterocycles. The lowest BCUT2D eigenvalue weighted by Crippen LogP contribution is -2.24. The van der Waals surface area contributed by atoms with Crippen molar-refractivity contribution in [3.63, 3.8) is 0 Å². The number of rotatable bonds is 3. The number of amides is 1. The third-order valence-corrected chi connectivity index (χ3v) is 5.48. The Bertz CT molecular complexity index is 1320. The minimum absolute atomic E-state index is 0.149. The van der Waals surface area contributed by atoms with E-state index < -0.39 is 5.91 Å². The summed E-state index contributed by atoms with van der Waals surface area (Å²) in [5.41, 5.74) is 0.828. The number of carbonyl (C=O) groups excluding carboxylic acids is 1. The average Bonchev–Trinajstić information content (AvgIpc) is 3.13. The highest BCUT2D eigenvalue weighted by molar-refractivity contribution is 7.07. The number of aromatic nitrogens is 3. The summed E-state index contributed by atoms with van der Waals surface area (Å²) in [7, 11) is 1.52. The summed E-state index contributed by atoms with van der Waals surface area (Å²) in [4.78, 5) is 29.9. The first kappa shape index (κ1) is 18.3. The topological polar surface area (TPSA) is 69.2 Å². The normalized spacial score (nSPS) is 11.9. The van der Waals surface area contributed by atoms with Gasteiger partial charge in [0.25, 0.3) is 5.56 Å². The highest BCUT2D eigenvalue weighted by Gasteiger charge is 2.15. The van der Waals surface area contributed by atoms with Crippen LogP contribution in [-0.4, -0.2) is 20.3 Å². The number of thiazole rings is 1. The van der Waals surface area contributed by atoms with Gasteiger partial charge in [0.2, 0.25) is 0 Å². The van der Waals surface area contributed by atoms with Gasteiger partial charge in [0.15, 0.2) is 10.5 Å². The predicted octanol–water partition coefficient (Wildman–Crippen LogP) is 3.24. The lowest BCUT2D eigenvalue weighted by Gasteiger charge is -2.06. The van der Waals surface area contributed by atoms with E-state index in [0.29, 0.717) is 27.1 Å². The maximum absolute atomic E-state index is 12.9. The summed E-state index contributed by atoms with van der Waals surface area (Å²) < 4.78 is 3.02. The van der Waals surface area contributed by atoms with Crippen LogP contribution < -0.4 is 10.4 Å². The largest absolute Gasteiger partial charge is 0.319 e. The highest BCUT2D eigenvalue weighted by Crippen LogP contribution is 2.16. The lowest BCUT2D eigenvalue weighted by atomic mass is 10.1. The Hall–Kier alpha value is -3.03. The molecule has 0 aliphatic rings. The summed E-state index contributed by atoms with van der Waals surface area (Å²) in [6, 6.07) is 14.4. The third kappa shape index (κ3) is 3.42. The zero-order chi connectivity index (χ0) is 19.7. The van der Waals surface area contributed by atoms with Gasteiger partial charge in [0, 0.05) is 29.0 Å². The molecule has 2 aromatic carbocycles. The first-order chi connectivity index (χ1) is 13.5. The van der Waals surface area contributed by atoms with Crippen molar-refractivity contribution in [1.29, 1.82) is 0 Å². The summed E-state index contributed by atoms with van der Waals surface area (Å²) in [6.07, 6.45) is 1.85. The maximum Gasteiger partial charge on any atom is 0.300 e. The SMILES string of the molecule is Cn1nc(C(=O)N=c2sccn2Cc2ccccc2Cl)c2ccccc2c1=O. The summed E-state index contributed by atoms with van der Waals surface area (Å²) >= 11 is 7.59. The van der Waals surface area contributed by atoms with Gasteiger partial charge in [-0.1, -0.05) is 48.0 Å². The number of halogens is 1. The van der Waals surface area contributed by atoms with E-state index in [0.717, 1.165) is 10.2 Å². The van der Waals surface area contributed by atoms with Crippen molar-refractivity contribution in [3.05, 3.63) is 91.5 Å². The second-order valence-corrected chi connectivity index (χ2v) is 7.43. The molecule has 4 rings (SSSR count). The number of nitrogens with zero attached hydrogens (tertiary/aromatic N) is 4. The Morgan fingerprint density at radius 3 is 2.64 bits per heavy atom. The van der Waals surface area contributed by atoms with Gasteiger partial charge in [-0.2, -0.15) is 10.1 Å². The fourth-order valence-corrected chi connectivity index (χ4v) is 3.84. The number of fused-ring (bicyclic) bond motifs is 1. The molecule has 1 amide bonds. The number of hydrogen-bond acceptors (Lipinski definition) is 4. The number of carbonyl (C=O) groups is 1. The Kier molecular flexibility index (Phi) is 4.93. The molecule has 0 radical (unpaired) electrons. The molecule has 0 unspecified atom stereocenters. The summed E-state index contributed by atoms with van der Waals surface area (Å²) in [5.74, 6) is -0.498. The summed E-state index contributed by atoms with van der Waals surface area (Å²) in [5, 5.41) is 7.59. The lowest BCUT2D eigenvalue weighted by molar-refractivity contribution is 0.0993. The van der Waals surface area contributed by atoms with E-state index in [2.05, 4.69) is 10.1 Å². The van der Waals surface area contributed by atoms with Crippen molar-refractivity contribution < 1.29 is 4.79 Å². The monoisotopic (exact) mass is 410 g/mol. The second-order valence-electron chi connectivity index (χ2n) is 6.14. The smallest absolute Gasteiger partial charge is 0.300 e. The second kappa shape index (κ2) is 7.53. The molecule has 0 aliphatic heterocycles. The van der Waals surface area contributed by atoms with Gasteiger partial charge >= 0.3 is 5.91 Å². The van der Waals surface area contributed by atoms with E-state index in [9.17, 15) is 9.59 Å². The van der Waals surface area contributed by atoms with Gasteiger partial charge < -0.3 is 4.57 Å². The predicted molar refractivity (Wildman–Crippen MR) is 110 cm³/mol. The molecule has 8 heteroatoms. The van der Waals surface area contributed by atoms with Crippen molar-refractivity contribution in [2.45, 2.75) is 6.54 Å². The van der Waals surface area contributed by atoms with Crippen molar-refractivity contribution >= 4 is 39.6 Å². The van der Waals surface area contributed by atoms with Crippen LogP contribution in [0.3, 0.4) is 0 Å². The standard InChI is InChI=1S/C20H15ClN4O2S/c1-24-19(27)15-8-4-3-7-14(15)17(23-24)18(26)22-20-25(10-11-28-20)12-13-6-2-5-9-16(13)21/h2-11H,12H2,1H3. The molecule has 28 heavy (non-hydrogen) atoms. The molecule has 4 aromatic rings. The average molecular weight is 411 g/mol. The number of benzene rings is 2. The summed E-state index contributed by atoms with van der Waals surface area (Å²) in [6.45, 7) is 0.497. The van der Waals surface area contributed by atoms with Crippen molar-refractivity contribution in [2.24, 2.45) is 12.0 Å². The molecular weight excluding hydrogens is 396 g/mol. The Morgan fingerprint density at radius 1 is 1.14 bits per heavy atom. The van der Waals surface area contributed by atoms with E-state index >= 15 is 0 Å². The fraction of sp³-hybridized carbons (Fsp3) is 0.100. The molecule has 0 N–H and O–H groups in total. The zero-order valence-electron chi connectivity index (χ0n) is 14.9. The van der Waals surface area contributed by atoms with Crippen molar-refractivity contribution in [3.8, 4) is 0 Å². The van der Waals surface area contributed by atoms with E-state index in [-0.39, 0.29) is 11.3 Å². The Morgan fingerprint density at radius 2 is 1.86 bits per heavy atom. The van der Waals surface area contributed by atoms with Crippen LogP contribution in [0.5, 0.6) is 0 Å². The van der Waals surface area contributed by atoms with E-state index in [1.54, 1.807) is 24.3 Å². The minimum atomic E-state index is -0.498. The molecule has 2 heterocycles. The Balaban J connectivity index is 1.78. The van der Waals surface area contributed by atoms with Crippen LogP contribution in [0.2, 0.25) is 5.02 Å². The number of aryl methyl sites for hydroxylation is 1. The minimum Gasteiger partial charge on any atom is -0.319 e. The molecule has 0 atom stereocenters.